The molecule has 0 heterocycles. The average molecular weight is 276 g/mol. The summed E-state index contributed by atoms with van der Waals surface area (Å²) < 4.78 is 5.97. The largest absolute Gasteiger partial charge is 0.457 e. The first-order valence-corrected chi connectivity index (χ1v) is 6.70. The minimum absolute atomic E-state index is 0.240. The number of rotatable bonds is 4. The first-order valence-electron chi connectivity index (χ1n) is 6.32. The van der Waals surface area contributed by atoms with Gasteiger partial charge in [-0.25, -0.2) is 0 Å². The van der Waals surface area contributed by atoms with Crippen LogP contribution in [-0.4, -0.2) is 7.05 Å². The zero-order valence-electron chi connectivity index (χ0n) is 11.4. The van der Waals surface area contributed by atoms with Crippen LogP contribution in [0, 0.1) is 6.92 Å². The first kappa shape index (κ1) is 13.9. The number of benzene rings is 2. The molecule has 0 bridgehead atoms. The van der Waals surface area contributed by atoms with Crippen molar-refractivity contribution in [2.24, 2.45) is 0 Å². The van der Waals surface area contributed by atoms with Crippen LogP contribution in [0.1, 0.15) is 24.1 Å². The van der Waals surface area contributed by atoms with E-state index in [2.05, 4.69) is 18.3 Å². The fourth-order valence-corrected chi connectivity index (χ4v) is 2.01. The number of nitrogens with one attached hydrogen (secondary N) is 1. The summed E-state index contributed by atoms with van der Waals surface area (Å²) in [6.07, 6.45) is 0. The van der Waals surface area contributed by atoms with Crippen molar-refractivity contribution in [2.45, 2.75) is 19.9 Å². The molecule has 0 aliphatic carbocycles. The second-order valence-electron chi connectivity index (χ2n) is 4.56. The maximum atomic E-state index is 6.02. The van der Waals surface area contributed by atoms with Crippen molar-refractivity contribution in [3.63, 3.8) is 0 Å². The molecule has 0 spiro atoms. The number of hydrogen-bond acceptors (Lipinski definition) is 2. The van der Waals surface area contributed by atoms with Gasteiger partial charge in [-0.1, -0.05) is 29.8 Å². The van der Waals surface area contributed by atoms with E-state index < -0.39 is 0 Å². The lowest BCUT2D eigenvalue weighted by molar-refractivity contribution is 0.466. The predicted molar refractivity (Wildman–Crippen MR) is 80.2 cm³/mol. The Kier molecular flexibility index (Phi) is 4.46. The number of aryl methyl sites for hydroxylation is 1. The molecule has 0 aromatic heterocycles. The van der Waals surface area contributed by atoms with Gasteiger partial charge in [-0.3, -0.25) is 0 Å². The minimum atomic E-state index is 0.240. The highest BCUT2D eigenvalue weighted by molar-refractivity contribution is 6.31. The van der Waals surface area contributed by atoms with Crippen LogP contribution in [-0.2, 0) is 0 Å². The highest BCUT2D eigenvalue weighted by Gasteiger charge is 2.10. The summed E-state index contributed by atoms with van der Waals surface area (Å²) in [6.45, 7) is 4.08. The van der Waals surface area contributed by atoms with E-state index in [0.717, 1.165) is 27.6 Å². The normalized spacial score (nSPS) is 12.2. The molecule has 0 saturated carbocycles. The van der Waals surface area contributed by atoms with Crippen molar-refractivity contribution < 1.29 is 4.74 Å². The van der Waals surface area contributed by atoms with E-state index in [1.165, 1.54) is 0 Å². The van der Waals surface area contributed by atoms with Crippen LogP contribution in [0.3, 0.4) is 0 Å². The Bertz CT molecular complexity index is 568. The molecule has 2 rings (SSSR count). The SMILES string of the molecule is CNC(C)c1ccccc1Oc1ccc(Cl)c(C)c1. The molecule has 2 aromatic carbocycles. The Balaban J connectivity index is 2.30. The van der Waals surface area contributed by atoms with Crippen LogP contribution < -0.4 is 10.1 Å². The molecule has 0 fully saturated rings. The van der Waals surface area contributed by atoms with Crippen LogP contribution >= 0.6 is 11.6 Å². The summed E-state index contributed by atoms with van der Waals surface area (Å²) in [5, 5.41) is 3.98. The van der Waals surface area contributed by atoms with E-state index in [1.807, 2.05) is 50.4 Å². The lowest BCUT2D eigenvalue weighted by Crippen LogP contribution is -2.13. The zero-order valence-corrected chi connectivity index (χ0v) is 12.2. The second-order valence-corrected chi connectivity index (χ2v) is 4.97. The van der Waals surface area contributed by atoms with Gasteiger partial charge in [0.2, 0.25) is 0 Å². The third-order valence-corrected chi connectivity index (χ3v) is 3.60. The van der Waals surface area contributed by atoms with E-state index in [9.17, 15) is 0 Å². The Labute approximate surface area is 119 Å². The Morgan fingerprint density at radius 1 is 1.16 bits per heavy atom. The number of para-hydroxylation sites is 1. The summed E-state index contributed by atoms with van der Waals surface area (Å²) in [5.41, 5.74) is 2.15. The minimum Gasteiger partial charge on any atom is -0.457 e. The fourth-order valence-electron chi connectivity index (χ4n) is 1.89. The van der Waals surface area contributed by atoms with Gasteiger partial charge in [0.05, 0.1) is 0 Å². The summed E-state index contributed by atoms with van der Waals surface area (Å²) in [6, 6.07) is 14.0. The molecule has 1 atom stereocenters. The van der Waals surface area contributed by atoms with Gasteiger partial charge >= 0.3 is 0 Å². The molecular formula is C16H18ClNO. The van der Waals surface area contributed by atoms with E-state index in [0.29, 0.717) is 0 Å². The number of ether oxygens (including phenoxy) is 1. The van der Waals surface area contributed by atoms with E-state index in [1.54, 1.807) is 0 Å². The Morgan fingerprint density at radius 2 is 1.89 bits per heavy atom. The first-order chi connectivity index (χ1) is 9.11. The molecule has 0 radical (unpaired) electrons. The molecule has 0 saturated heterocycles. The second kappa shape index (κ2) is 6.09. The highest BCUT2D eigenvalue weighted by Crippen LogP contribution is 2.30. The van der Waals surface area contributed by atoms with Gasteiger partial charge in [-0.05, 0) is 50.7 Å². The molecule has 0 aliphatic rings. The van der Waals surface area contributed by atoms with Crippen molar-refractivity contribution in [1.82, 2.24) is 5.32 Å². The van der Waals surface area contributed by atoms with Crippen LogP contribution in [0.25, 0.3) is 0 Å². The van der Waals surface area contributed by atoms with Gasteiger partial charge in [0.1, 0.15) is 11.5 Å². The van der Waals surface area contributed by atoms with Crippen molar-refractivity contribution in [1.29, 1.82) is 0 Å². The molecule has 2 aromatic rings. The van der Waals surface area contributed by atoms with Gasteiger partial charge in [0.15, 0.2) is 0 Å². The van der Waals surface area contributed by atoms with Crippen LogP contribution in [0.5, 0.6) is 11.5 Å². The van der Waals surface area contributed by atoms with Crippen LogP contribution in [0.15, 0.2) is 42.5 Å². The van der Waals surface area contributed by atoms with E-state index >= 15 is 0 Å². The van der Waals surface area contributed by atoms with Crippen LogP contribution in [0.4, 0.5) is 0 Å². The maximum Gasteiger partial charge on any atom is 0.132 e. The molecule has 100 valence electrons. The summed E-state index contributed by atoms with van der Waals surface area (Å²) in [4.78, 5) is 0. The van der Waals surface area contributed by atoms with Crippen LogP contribution in [0.2, 0.25) is 5.02 Å². The molecular weight excluding hydrogens is 258 g/mol. The molecule has 0 amide bonds. The fraction of sp³-hybridized carbons (Fsp3) is 0.250. The Morgan fingerprint density at radius 3 is 2.58 bits per heavy atom. The van der Waals surface area contributed by atoms with Crippen molar-refractivity contribution >= 4 is 11.6 Å². The molecule has 19 heavy (non-hydrogen) atoms. The smallest absolute Gasteiger partial charge is 0.132 e. The summed E-state index contributed by atoms with van der Waals surface area (Å²) in [5.74, 6) is 1.67. The lowest BCUT2D eigenvalue weighted by atomic mass is 10.1. The highest BCUT2D eigenvalue weighted by atomic mass is 35.5. The summed E-state index contributed by atoms with van der Waals surface area (Å²) >= 11 is 6.02. The third kappa shape index (κ3) is 3.28. The lowest BCUT2D eigenvalue weighted by Gasteiger charge is -2.16. The topological polar surface area (TPSA) is 21.3 Å². The van der Waals surface area contributed by atoms with E-state index in [4.69, 9.17) is 16.3 Å². The average Bonchev–Trinajstić information content (AvgIpc) is 2.43. The Hall–Kier alpha value is -1.51. The maximum absolute atomic E-state index is 6.02. The van der Waals surface area contributed by atoms with Crippen molar-refractivity contribution in [3.8, 4) is 11.5 Å². The standard InChI is InChI=1S/C16H18ClNO/c1-11-10-13(8-9-15(11)17)19-16-7-5-4-6-14(16)12(2)18-3/h4-10,12,18H,1-3H3. The van der Waals surface area contributed by atoms with Gasteiger partial charge < -0.3 is 10.1 Å². The monoisotopic (exact) mass is 275 g/mol. The van der Waals surface area contributed by atoms with E-state index in [-0.39, 0.29) is 6.04 Å². The molecule has 1 unspecified atom stereocenters. The molecule has 3 heteroatoms. The molecule has 0 aliphatic heterocycles. The van der Waals surface area contributed by atoms with Gasteiger partial charge in [-0.2, -0.15) is 0 Å². The number of halogens is 1. The number of hydrogen-bond donors (Lipinski definition) is 1. The van der Waals surface area contributed by atoms with Gasteiger partial charge in [-0.15, -0.1) is 0 Å². The van der Waals surface area contributed by atoms with Crippen molar-refractivity contribution in [3.05, 3.63) is 58.6 Å². The van der Waals surface area contributed by atoms with Crippen molar-refractivity contribution in [2.75, 3.05) is 7.05 Å². The quantitative estimate of drug-likeness (QED) is 0.872. The van der Waals surface area contributed by atoms with Gasteiger partial charge in [0, 0.05) is 16.6 Å². The molecule has 1 N–H and O–H groups in total. The summed E-state index contributed by atoms with van der Waals surface area (Å²) in [7, 11) is 1.94. The predicted octanol–water partition coefficient (Wildman–Crippen LogP) is 4.72. The zero-order chi connectivity index (χ0) is 13.8. The molecule has 2 nitrogen and oxygen atoms in total. The van der Waals surface area contributed by atoms with Gasteiger partial charge in [0.25, 0.3) is 0 Å². The third-order valence-electron chi connectivity index (χ3n) is 3.18.